The van der Waals surface area contributed by atoms with Gasteiger partial charge in [0.05, 0.1) is 31.1 Å². The first-order valence-corrected chi connectivity index (χ1v) is 14.8. The minimum absolute atomic E-state index is 0.0101. The standard InChI is InChI=1S/C29H40N10O7/c30-25(44)21(10-11-22(42)32-12-2-1-4-20(41)16-40)37-23(43)5-3-13-33-27(45)17-6-8-18(9-7-17)34-14-19-15-35-26-24(36-19)28(46)39-29(31)38-26/h6-9,15,20-21,34,40-41H,1-5,10-14,16H2,(H2,30,44)(H,32,42)(H,33,45)(H,37,43)(H3,31,35,38,39,46)/t20-,21-/m0/s1. The maximum Gasteiger partial charge on any atom is 0.280 e. The van der Waals surface area contributed by atoms with Crippen molar-refractivity contribution in [3.63, 3.8) is 0 Å². The van der Waals surface area contributed by atoms with Crippen LogP contribution in [0.15, 0.2) is 35.3 Å². The molecule has 11 N–H and O–H groups in total. The summed E-state index contributed by atoms with van der Waals surface area (Å²) in [6.07, 6.45) is 2.79. The fourth-order valence-electron chi connectivity index (χ4n) is 4.28. The summed E-state index contributed by atoms with van der Waals surface area (Å²) in [5.74, 6) is -1.86. The highest BCUT2D eigenvalue weighted by Gasteiger charge is 2.19. The number of fused-ring (bicyclic) bond motifs is 1. The van der Waals surface area contributed by atoms with Gasteiger partial charge in [0.2, 0.25) is 23.7 Å². The Kier molecular flexibility index (Phi) is 13.8. The second-order valence-electron chi connectivity index (χ2n) is 10.5. The van der Waals surface area contributed by atoms with Crippen LogP contribution in [0.3, 0.4) is 0 Å². The topological polar surface area (TPSA) is 280 Å². The number of aromatic nitrogens is 4. The number of aliphatic hydroxyl groups excluding tert-OH is 2. The molecule has 0 aliphatic heterocycles. The van der Waals surface area contributed by atoms with Gasteiger partial charge < -0.3 is 42.9 Å². The Hall–Kier alpha value is -5.16. The third-order valence-electron chi connectivity index (χ3n) is 6.81. The monoisotopic (exact) mass is 640 g/mol. The minimum Gasteiger partial charge on any atom is -0.394 e. The number of carbonyl (C=O) groups is 4. The van der Waals surface area contributed by atoms with E-state index in [-0.39, 0.29) is 67.9 Å². The van der Waals surface area contributed by atoms with Crippen molar-refractivity contribution in [1.29, 1.82) is 0 Å². The molecule has 0 aliphatic rings. The molecular weight excluding hydrogens is 600 g/mol. The molecule has 17 nitrogen and oxygen atoms in total. The van der Waals surface area contributed by atoms with Crippen LogP contribution in [0.1, 0.15) is 61.0 Å². The highest BCUT2D eigenvalue weighted by atomic mass is 16.3. The number of H-pyrrole nitrogens is 1. The first kappa shape index (κ1) is 35.3. The van der Waals surface area contributed by atoms with E-state index in [1.165, 1.54) is 6.20 Å². The van der Waals surface area contributed by atoms with Gasteiger partial charge >= 0.3 is 0 Å². The number of hydrogen-bond acceptors (Lipinski definition) is 12. The summed E-state index contributed by atoms with van der Waals surface area (Å²) in [5.41, 5.74) is 12.3. The van der Waals surface area contributed by atoms with Gasteiger partial charge in [0, 0.05) is 37.2 Å². The minimum atomic E-state index is -1.01. The average Bonchev–Trinajstić information content (AvgIpc) is 3.03. The molecule has 2 heterocycles. The molecule has 248 valence electrons. The van der Waals surface area contributed by atoms with Crippen molar-refractivity contribution < 1.29 is 29.4 Å². The number of rotatable bonds is 19. The molecule has 17 heteroatoms. The molecule has 0 spiro atoms. The first-order valence-electron chi connectivity index (χ1n) is 14.8. The number of benzene rings is 1. The van der Waals surface area contributed by atoms with Gasteiger partial charge in [-0.05, 0) is 56.4 Å². The molecule has 4 amide bonds. The second-order valence-corrected chi connectivity index (χ2v) is 10.5. The van der Waals surface area contributed by atoms with E-state index in [0.717, 1.165) is 0 Å². The lowest BCUT2D eigenvalue weighted by Gasteiger charge is -2.15. The lowest BCUT2D eigenvalue weighted by molar-refractivity contribution is -0.128. The van der Waals surface area contributed by atoms with Crippen LogP contribution in [0.5, 0.6) is 0 Å². The van der Waals surface area contributed by atoms with Crippen LogP contribution >= 0.6 is 0 Å². The number of nitrogens with two attached hydrogens (primary N) is 2. The average molecular weight is 641 g/mol. The smallest absolute Gasteiger partial charge is 0.280 e. The highest BCUT2D eigenvalue weighted by molar-refractivity contribution is 5.94. The Balaban J connectivity index is 1.33. The van der Waals surface area contributed by atoms with E-state index in [0.29, 0.717) is 49.2 Å². The van der Waals surface area contributed by atoms with E-state index in [9.17, 15) is 29.1 Å². The number of nitrogens with one attached hydrogen (secondary N) is 5. The molecule has 3 aromatic rings. The van der Waals surface area contributed by atoms with Crippen LogP contribution < -0.4 is 38.3 Å². The van der Waals surface area contributed by atoms with E-state index in [4.69, 9.17) is 16.6 Å². The van der Waals surface area contributed by atoms with Gasteiger partial charge in [-0.15, -0.1) is 0 Å². The number of nitrogens with zero attached hydrogens (tertiary/aromatic N) is 3. The molecule has 0 fully saturated rings. The summed E-state index contributed by atoms with van der Waals surface area (Å²) in [5, 5.41) is 29.2. The normalized spacial score (nSPS) is 12.2. The zero-order valence-corrected chi connectivity index (χ0v) is 25.3. The first-order chi connectivity index (χ1) is 22.0. The van der Waals surface area contributed by atoms with Crippen molar-refractivity contribution in [3.05, 3.63) is 52.1 Å². The Bertz CT molecular complexity index is 1550. The molecule has 0 aliphatic carbocycles. The van der Waals surface area contributed by atoms with Crippen LogP contribution in [0, 0.1) is 0 Å². The zero-order valence-electron chi connectivity index (χ0n) is 25.3. The molecule has 3 rings (SSSR count). The van der Waals surface area contributed by atoms with Gasteiger partial charge in [-0.2, -0.15) is 4.98 Å². The number of nitrogen functional groups attached to an aromatic ring is 1. The third-order valence-corrected chi connectivity index (χ3v) is 6.81. The molecule has 0 unspecified atom stereocenters. The van der Waals surface area contributed by atoms with Crippen molar-refractivity contribution in [2.45, 2.75) is 63.6 Å². The second kappa shape index (κ2) is 18.0. The summed E-state index contributed by atoms with van der Waals surface area (Å²) < 4.78 is 0. The SMILES string of the molecule is NC(=O)[C@H](CCC(=O)NCCCC[C@H](O)CO)NC(=O)CCCNC(=O)c1ccc(NCc2cnc3nc(N)[nH]c(=O)c3n2)cc1. The molecule has 46 heavy (non-hydrogen) atoms. The summed E-state index contributed by atoms with van der Waals surface area (Å²) in [6.45, 7) is 0.566. The molecular formula is C29H40N10O7. The zero-order chi connectivity index (χ0) is 33.5. The van der Waals surface area contributed by atoms with Crippen molar-refractivity contribution >= 4 is 46.4 Å². The van der Waals surface area contributed by atoms with Crippen molar-refractivity contribution in [2.24, 2.45) is 5.73 Å². The molecule has 0 saturated heterocycles. The predicted molar refractivity (Wildman–Crippen MR) is 168 cm³/mol. The fourth-order valence-corrected chi connectivity index (χ4v) is 4.28. The van der Waals surface area contributed by atoms with Crippen LogP contribution in [0.4, 0.5) is 11.6 Å². The van der Waals surface area contributed by atoms with E-state index in [1.54, 1.807) is 24.3 Å². The fraction of sp³-hybridized carbons (Fsp3) is 0.448. The number of carbonyl (C=O) groups excluding carboxylic acids is 4. The Morgan fingerprint density at radius 2 is 1.67 bits per heavy atom. The largest absolute Gasteiger partial charge is 0.394 e. The Morgan fingerprint density at radius 3 is 2.39 bits per heavy atom. The number of hydrogen-bond donors (Lipinski definition) is 9. The molecule has 0 bridgehead atoms. The highest BCUT2D eigenvalue weighted by Crippen LogP contribution is 2.12. The molecule has 2 aromatic heterocycles. The van der Waals surface area contributed by atoms with E-state index < -0.39 is 29.5 Å². The summed E-state index contributed by atoms with van der Waals surface area (Å²) in [6, 6.07) is 5.67. The lowest BCUT2D eigenvalue weighted by atomic mass is 10.1. The van der Waals surface area contributed by atoms with E-state index in [2.05, 4.69) is 41.2 Å². The van der Waals surface area contributed by atoms with Crippen LogP contribution in [0.25, 0.3) is 11.2 Å². The quantitative estimate of drug-likeness (QED) is 0.0699. The van der Waals surface area contributed by atoms with Crippen molar-refractivity contribution in [3.8, 4) is 0 Å². The van der Waals surface area contributed by atoms with Gasteiger partial charge in [-0.3, -0.25) is 29.0 Å². The van der Waals surface area contributed by atoms with Crippen molar-refractivity contribution in [1.82, 2.24) is 35.9 Å². The van der Waals surface area contributed by atoms with Crippen LogP contribution in [-0.2, 0) is 20.9 Å². The maximum absolute atomic E-state index is 12.5. The van der Waals surface area contributed by atoms with E-state index >= 15 is 0 Å². The molecule has 0 radical (unpaired) electrons. The van der Waals surface area contributed by atoms with Gasteiger partial charge in [0.1, 0.15) is 6.04 Å². The number of aromatic amines is 1. The maximum atomic E-state index is 12.5. The number of anilines is 2. The van der Waals surface area contributed by atoms with Gasteiger partial charge in [-0.1, -0.05) is 0 Å². The van der Waals surface area contributed by atoms with Crippen LogP contribution in [0.2, 0.25) is 0 Å². The predicted octanol–water partition coefficient (Wildman–Crippen LogP) is -1.19. The lowest BCUT2D eigenvalue weighted by Crippen LogP contribution is -2.45. The molecule has 1 aromatic carbocycles. The number of aliphatic hydroxyl groups is 2. The number of unbranched alkanes of at least 4 members (excludes halogenated alkanes) is 1. The molecule has 2 atom stereocenters. The Labute approximate surface area is 264 Å². The summed E-state index contributed by atoms with van der Waals surface area (Å²) >= 11 is 0. The van der Waals surface area contributed by atoms with Crippen LogP contribution in [-0.4, -0.2) is 85.6 Å². The molecule has 0 saturated carbocycles. The number of amides is 4. The third kappa shape index (κ3) is 11.7. The van der Waals surface area contributed by atoms with Crippen molar-refractivity contribution in [2.75, 3.05) is 30.7 Å². The number of primary amides is 1. The van der Waals surface area contributed by atoms with Gasteiger partial charge in [0.25, 0.3) is 11.5 Å². The Morgan fingerprint density at radius 1 is 0.935 bits per heavy atom. The van der Waals surface area contributed by atoms with Gasteiger partial charge in [0.15, 0.2) is 11.2 Å². The summed E-state index contributed by atoms with van der Waals surface area (Å²) in [7, 11) is 0. The summed E-state index contributed by atoms with van der Waals surface area (Å²) in [4.78, 5) is 75.4. The van der Waals surface area contributed by atoms with E-state index in [1.807, 2.05) is 0 Å². The van der Waals surface area contributed by atoms with Gasteiger partial charge in [-0.25, -0.2) is 9.97 Å².